The van der Waals surface area contributed by atoms with Gasteiger partial charge in [0.1, 0.15) is 0 Å². The van der Waals surface area contributed by atoms with Crippen molar-refractivity contribution < 1.29 is 4.79 Å². The summed E-state index contributed by atoms with van der Waals surface area (Å²) >= 11 is 0. The number of benzene rings is 1. The van der Waals surface area contributed by atoms with Crippen LogP contribution in [0.5, 0.6) is 0 Å². The summed E-state index contributed by atoms with van der Waals surface area (Å²) in [5.74, 6) is 0.117. The van der Waals surface area contributed by atoms with Crippen molar-refractivity contribution in [1.29, 1.82) is 0 Å². The Labute approximate surface area is 109 Å². The van der Waals surface area contributed by atoms with Crippen molar-refractivity contribution in [3.63, 3.8) is 0 Å². The van der Waals surface area contributed by atoms with Crippen LogP contribution in [0.1, 0.15) is 31.7 Å². The summed E-state index contributed by atoms with van der Waals surface area (Å²) in [5.41, 5.74) is 2.20. The van der Waals surface area contributed by atoms with E-state index in [1.807, 2.05) is 12.1 Å². The highest BCUT2D eigenvalue weighted by Gasteiger charge is 2.12. The number of amides is 1. The summed E-state index contributed by atoms with van der Waals surface area (Å²) in [5, 5.41) is 2.95. The van der Waals surface area contributed by atoms with Crippen molar-refractivity contribution in [2.75, 3.05) is 25.0 Å². The maximum absolute atomic E-state index is 11.8. The van der Waals surface area contributed by atoms with E-state index in [-0.39, 0.29) is 5.91 Å². The van der Waals surface area contributed by atoms with E-state index in [9.17, 15) is 4.79 Å². The molecule has 1 saturated heterocycles. The molecule has 3 heteroatoms. The molecule has 1 aromatic carbocycles. The minimum atomic E-state index is 0.117. The van der Waals surface area contributed by atoms with Crippen molar-refractivity contribution >= 4 is 11.6 Å². The van der Waals surface area contributed by atoms with Gasteiger partial charge in [0.15, 0.2) is 0 Å². The molecule has 1 aliphatic rings. The molecular weight excluding hydrogens is 224 g/mol. The second kappa shape index (κ2) is 6.55. The van der Waals surface area contributed by atoms with Gasteiger partial charge in [-0.1, -0.05) is 19.1 Å². The fraction of sp³-hybridized carbons (Fsp3) is 0.533. The average Bonchev–Trinajstić information content (AvgIpc) is 2.90. The number of hydrogen-bond donors (Lipinski definition) is 1. The molecule has 0 aromatic heterocycles. The summed E-state index contributed by atoms with van der Waals surface area (Å²) in [6.45, 7) is 5.32. The molecule has 2 rings (SSSR count). The zero-order valence-corrected chi connectivity index (χ0v) is 11.1. The highest BCUT2D eigenvalue weighted by molar-refractivity contribution is 5.90. The third-order valence-corrected chi connectivity index (χ3v) is 3.50. The lowest BCUT2D eigenvalue weighted by Crippen LogP contribution is -2.25. The number of likely N-dealkylation sites (tertiary alicyclic amines) is 1. The first-order chi connectivity index (χ1) is 8.78. The third kappa shape index (κ3) is 3.84. The smallest absolute Gasteiger partial charge is 0.225 e. The van der Waals surface area contributed by atoms with Gasteiger partial charge in [-0.25, -0.2) is 0 Å². The van der Waals surface area contributed by atoms with Crippen LogP contribution in [0.3, 0.4) is 0 Å². The zero-order valence-electron chi connectivity index (χ0n) is 11.1. The van der Waals surface area contributed by atoms with Gasteiger partial charge in [-0.15, -0.1) is 0 Å². The van der Waals surface area contributed by atoms with Gasteiger partial charge in [0.25, 0.3) is 0 Å². The van der Waals surface area contributed by atoms with Crippen LogP contribution >= 0.6 is 0 Å². The zero-order chi connectivity index (χ0) is 12.8. The van der Waals surface area contributed by atoms with E-state index in [1.54, 1.807) is 0 Å². The Balaban J connectivity index is 1.75. The van der Waals surface area contributed by atoms with E-state index in [1.165, 1.54) is 18.4 Å². The first kappa shape index (κ1) is 13.1. The quantitative estimate of drug-likeness (QED) is 0.866. The van der Waals surface area contributed by atoms with E-state index >= 15 is 0 Å². The highest BCUT2D eigenvalue weighted by Crippen LogP contribution is 2.11. The monoisotopic (exact) mass is 246 g/mol. The Morgan fingerprint density at radius 1 is 1.22 bits per heavy atom. The lowest BCUT2D eigenvalue weighted by Gasteiger charge is -2.14. The second-order valence-electron chi connectivity index (χ2n) is 4.90. The molecule has 1 aliphatic heterocycles. The third-order valence-electron chi connectivity index (χ3n) is 3.50. The van der Waals surface area contributed by atoms with Gasteiger partial charge < -0.3 is 10.2 Å². The molecule has 0 atom stereocenters. The Hall–Kier alpha value is -1.35. The van der Waals surface area contributed by atoms with Crippen molar-refractivity contribution in [2.24, 2.45) is 0 Å². The normalized spacial score (nSPS) is 15.8. The van der Waals surface area contributed by atoms with E-state index < -0.39 is 0 Å². The molecule has 0 radical (unpaired) electrons. The Morgan fingerprint density at radius 2 is 1.89 bits per heavy atom. The summed E-state index contributed by atoms with van der Waals surface area (Å²) in [4.78, 5) is 14.1. The average molecular weight is 246 g/mol. The van der Waals surface area contributed by atoms with Crippen LogP contribution < -0.4 is 5.32 Å². The van der Waals surface area contributed by atoms with Crippen LogP contribution in [0.25, 0.3) is 0 Å². The molecule has 0 unspecified atom stereocenters. The number of anilines is 1. The minimum absolute atomic E-state index is 0.117. The molecule has 1 aromatic rings. The van der Waals surface area contributed by atoms with Gasteiger partial charge >= 0.3 is 0 Å². The number of nitrogens with zero attached hydrogens (tertiary/aromatic N) is 1. The molecule has 1 fully saturated rings. The minimum Gasteiger partial charge on any atom is -0.326 e. The number of hydrogen-bond acceptors (Lipinski definition) is 2. The maximum atomic E-state index is 11.8. The lowest BCUT2D eigenvalue weighted by atomic mass is 10.1. The van der Waals surface area contributed by atoms with Gasteiger partial charge in [-0.05, 0) is 50.0 Å². The summed E-state index contributed by atoms with van der Waals surface area (Å²) in [7, 11) is 0. The van der Waals surface area contributed by atoms with Crippen LogP contribution in [0.2, 0.25) is 0 Å². The molecule has 0 saturated carbocycles. The number of nitrogens with one attached hydrogen (secondary N) is 1. The molecule has 1 amide bonds. The summed E-state index contributed by atoms with van der Waals surface area (Å²) in [6.07, 6.45) is 4.18. The van der Waals surface area contributed by atoms with Crippen molar-refractivity contribution in [3.8, 4) is 0 Å². The highest BCUT2D eigenvalue weighted by atomic mass is 16.1. The van der Waals surface area contributed by atoms with Crippen LogP contribution in [-0.4, -0.2) is 30.4 Å². The van der Waals surface area contributed by atoms with Crippen molar-refractivity contribution in [3.05, 3.63) is 29.8 Å². The lowest BCUT2D eigenvalue weighted by molar-refractivity contribution is -0.116. The van der Waals surface area contributed by atoms with Crippen LogP contribution in [0, 0.1) is 0 Å². The molecule has 3 nitrogen and oxygen atoms in total. The summed E-state index contributed by atoms with van der Waals surface area (Å²) in [6, 6.07) is 8.09. The van der Waals surface area contributed by atoms with Crippen LogP contribution in [0.4, 0.5) is 5.69 Å². The first-order valence-corrected chi connectivity index (χ1v) is 6.89. The predicted octanol–water partition coefficient (Wildman–Crippen LogP) is 2.67. The fourth-order valence-corrected chi connectivity index (χ4v) is 2.31. The molecule has 1 N–H and O–H groups in total. The van der Waals surface area contributed by atoms with E-state index in [0.29, 0.717) is 6.42 Å². The van der Waals surface area contributed by atoms with E-state index in [4.69, 9.17) is 0 Å². The van der Waals surface area contributed by atoms with E-state index in [0.717, 1.165) is 31.7 Å². The van der Waals surface area contributed by atoms with Gasteiger partial charge in [-0.2, -0.15) is 0 Å². The van der Waals surface area contributed by atoms with Gasteiger partial charge in [-0.3, -0.25) is 4.79 Å². The molecule has 0 spiro atoms. The first-order valence-electron chi connectivity index (χ1n) is 6.89. The summed E-state index contributed by atoms with van der Waals surface area (Å²) < 4.78 is 0. The van der Waals surface area contributed by atoms with Crippen LogP contribution in [-0.2, 0) is 11.2 Å². The number of carbonyl (C=O) groups is 1. The maximum Gasteiger partial charge on any atom is 0.225 e. The predicted molar refractivity (Wildman–Crippen MR) is 74.7 cm³/mol. The molecule has 1 heterocycles. The Morgan fingerprint density at radius 3 is 2.50 bits per heavy atom. The number of aryl methyl sites for hydroxylation is 1. The second-order valence-corrected chi connectivity index (χ2v) is 4.90. The Kier molecular flexibility index (Phi) is 4.76. The van der Waals surface area contributed by atoms with Crippen molar-refractivity contribution in [1.82, 2.24) is 4.90 Å². The Bertz CT molecular complexity index is 380. The SMILES string of the molecule is CCc1ccc(NC(=O)CCN2CCCC2)cc1. The number of carbonyl (C=O) groups excluding carboxylic acids is 1. The molecule has 98 valence electrons. The fourth-order valence-electron chi connectivity index (χ4n) is 2.31. The molecular formula is C15H22N2O. The van der Waals surface area contributed by atoms with Crippen molar-refractivity contribution in [2.45, 2.75) is 32.6 Å². The molecule has 18 heavy (non-hydrogen) atoms. The topological polar surface area (TPSA) is 32.3 Å². The number of rotatable bonds is 5. The standard InChI is InChI=1S/C15H22N2O/c1-2-13-5-7-14(8-6-13)16-15(18)9-12-17-10-3-4-11-17/h5-8H,2-4,9-12H2,1H3,(H,16,18). The van der Waals surface area contributed by atoms with E-state index in [2.05, 4.69) is 29.3 Å². The molecule has 0 aliphatic carbocycles. The van der Waals surface area contributed by atoms with Gasteiger partial charge in [0.2, 0.25) is 5.91 Å². The van der Waals surface area contributed by atoms with Crippen LogP contribution in [0.15, 0.2) is 24.3 Å². The molecule has 0 bridgehead atoms. The van der Waals surface area contributed by atoms with Gasteiger partial charge in [0, 0.05) is 18.7 Å². The largest absolute Gasteiger partial charge is 0.326 e. The van der Waals surface area contributed by atoms with Gasteiger partial charge in [0.05, 0.1) is 0 Å².